The van der Waals surface area contributed by atoms with Crippen LogP contribution in [-0.2, 0) is 11.0 Å². The minimum Gasteiger partial charge on any atom is -0.497 e. The van der Waals surface area contributed by atoms with E-state index in [9.17, 15) is 23.1 Å². The van der Waals surface area contributed by atoms with Gasteiger partial charge in [-0.25, -0.2) is 9.38 Å². The Morgan fingerprint density at radius 2 is 1.67 bits per heavy atom. The van der Waals surface area contributed by atoms with Gasteiger partial charge in [0.25, 0.3) is 0 Å². The summed E-state index contributed by atoms with van der Waals surface area (Å²) in [7, 11) is 2.91. The van der Waals surface area contributed by atoms with Crippen LogP contribution in [0.2, 0.25) is 0 Å². The number of benzene rings is 3. The van der Waals surface area contributed by atoms with E-state index in [1.54, 1.807) is 13.2 Å². The van der Waals surface area contributed by atoms with E-state index in [0.717, 1.165) is 17.8 Å². The van der Waals surface area contributed by atoms with Crippen molar-refractivity contribution in [3.63, 3.8) is 0 Å². The molecule has 42 heavy (non-hydrogen) atoms. The molecular formula is C30H30F4N4O4. The molecule has 2 aliphatic heterocycles. The second-order valence-electron chi connectivity index (χ2n) is 10.1. The Balaban J connectivity index is 1.63. The number of para-hydroxylation sites is 1. The molecule has 0 bridgehead atoms. The number of anilines is 2. The molecule has 3 aromatic rings. The van der Waals surface area contributed by atoms with Crippen molar-refractivity contribution in [1.29, 1.82) is 0 Å². The minimum atomic E-state index is -4.67. The zero-order valence-corrected chi connectivity index (χ0v) is 23.2. The molecular weight excluding hydrogens is 556 g/mol. The smallest absolute Gasteiger partial charge is 0.416 e. The first-order valence-electron chi connectivity index (χ1n) is 13.3. The number of carboxylic acid groups (broad SMARTS) is 1. The number of carbonyl (C=O) groups is 1. The Morgan fingerprint density at radius 1 is 0.976 bits per heavy atom. The fourth-order valence-corrected chi connectivity index (χ4v) is 5.44. The lowest BCUT2D eigenvalue weighted by molar-refractivity contribution is -0.142. The van der Waals surface area contributed by atoms with Gasteiger partial charge in [-0.1, -0.05) is 18.2 Å². The molecule has 2 aliphatic rings. The predicted molar refractivity (Wildman–Crippen MR) is 150 cm³/mol. The number of nitrogens with zero attached hydrogens (tertiary/aromatic N) is 4. The summed E-state index contributed by atoms with van der Waals surface area (Å²) in [5, 5.41) is 10.1. The third kappa shape index (κ3) is 5.40. The summed E-state index contributed by atoms with van der Waals surface area (Å²) in [6.07, 6.45) is -4.67. The molecule has 2 atom stereocenters. The topological polar surface area (TPSA) is 77.8 Å². The average Bonchev–Trinajstić information content (AvgIpc) is 2.99. The standard InChI is InChI=1S/C30H30F4N4O4/c1-18(28(39)40)27-22-8-5-9-23(31)26(22)35-29(38(27)24-16-19(30(32,33)34)10-11-25(24)42-3)37-14-12-36(13-15-37)20-6-4-7-21(17-20)41-2/h4-11,16-18,27H,12-15H2,1-3H3,(H,39,40)/t18?,27-/m1/s1. The second kappa shape index (κ2) is 11.4. The number of rotatable bonds is 6. The van der Waals surface area contributed by atoms with Crippen molar-refractivity contribution in [3.8, 4) is 11.5 Å². The van der Waals surface area contributed by atoms with E-state index in [1.165, 1.54) is 37.1 Å². The van der Waals surface area contributed by atoms with Crippen LogP contribution in [0, 0.1) is 11.7 Å². The van der Waals surface area contributed by atoms with Gasteiger partial charge in [0.2, 0.25) is 5.96 Å². The number of aliphatic imine (C=N–C) groups is 1. The van der Waals surface area contributed by atoms with Crippen molar-refractivity contribution >= 4 is 29.0 Å². The third-order valence-corrected chi connectivity index (χ3v) is 7.65. The normalized spacial score (nSPS) is 17.8. The molecule has 2 heterocycles. The zero-order chi connectivity index (χ0) is 30.2. The first kappa shape index (κ1) is 29.0. The van der Waals surface area contributed by atoms with Crippen LogP contribution in [0.15, 0.2) is 65.7 Å². The van der Waals surface area contributed by atoms with Crippen molar-refractivity contribution in [3.05, 3.63) is 77.6 Å². The maximum atomic E-state index is 15.2. The molecule has 0 radical (unpaired) electrons. The highest BCUT2D eigenvalue weighted by Gasteiger charge is 2.43. The Bertz CT molecular complexity index is 1500. The number of halogens is 4. The number of alkyl halides is 3. The summed E-state index contributed by atoms with van der Waals surface area (Å²) in [5.41, 5.74) is 0.192. The lowest BCUT2D eigenvalue weighted by atomic mass is 9.89. The van der Waals surface area contributed by atoms with Gasteiger partial charge in [0.05, 0.1) is 37.4 Å². The maximum absolute atomic E-state index is 15.2. The first-order valence-corrected chi connectivity index (χ1v) is 13.3. The molecule has 222 valence electrons. The summed E-state index contributed by atoms with van der Waals surface area (Å²) in [4.78, 5) is 22.4. The Hall–Kier alpha value is -4.48. The van der Waals surface area contributed by atoms with Crippen molar-refractivity contribution in [2.45, 2.75) is 19.1 Å². The number of fused-ring (bicyclic) bond motifs is 1. The molecule has 1 saturated heterocycles. The summed E-state index contributed by atoms with van der Waals surface area (Å²) >= 11 is 0. The van der Waals surface area contributed by atoms with Crippen LogP contribution in [0.1, 0.15) is 24.1 Å². The van der Waals surface area contributed by atoms with E-state index in [-0.39, 0.29) is 28.6 Å². The minimum absolute atomic E-state index is 0.0192. The van der Waals surface area contributed by atoms with E-state index in [2.05, 4.69) is 9.89 Å². The fourth-order valence-electron chi connectivity index (χ4n) is 5.44. The Labute approximate surface area is 240 Å². The van der Waals surface area contributed by atoms with Crippen LogP contribution < -0.4 is 19.3 Å². The van der Waals surface area contributed by atoms with Gasteiger partial charge in [0, 0.05) is 43.5 Å². The number of hydrogen-bond donors (Lipinski definition) is 1. The number of carboxylic acids is 1. The van der Waals surface area contributed by atoms with Crippen molar-refractivity contribution in [2.75, 3.05) is 50.2 Å². The predicted octanol–water partition coefficient (Wildman–Crippen LogP) is 5.95. The Morgan fingerprint density at radius 3 is 2.31 bits per heavy atom. The summed E-state index contributed by atoms with van der Waals surface area (Å²) < 4.78 is 67.7. The molecule has 1 fully saturated rings. The van der Waals surface area contributed by atoms with E-state index in [1.807, 2.05) is 29.2 Å². The van der Waals surface area contributed by atoms with E-state index in [4.69, 9.17) is 9.47 Å². The molecule has 8 nitrogen and oxygen atoms in total. The quantitative estimate of drug-likeness (QED) is 0.358. The van der Waals surface area contributed by atoms with E-state index >= 15 is 4.39 Å². The van der Waals surface area contributed by atoms with E-state index < -0.39 is 35.5 Å². The van der Waals surface area contributed by atoms with Gasteiger partial charge in [0.15, 0.2) is 0 Å². The number of piperazine rings is 1. The van der Waals surface area contributed by atoms with Gasteiger partial charge in [-0.2, -0.15) is 13.2 Å². The molecule has 1 unspecified atom stereocenters. The highest BCUT2D eigenvalue weighted by Crippen LogP contribution is 2.47. The number of hydrogen-bond acceptors (Lipinski definition) is 7. The Kier molecular flexibility index (Phi) is 7.89. The molecule has 0 saturated carbocycles. The molecule has 0 aromatic heterocycles. The van der Waals surface area contributed by atoms with Crippen molar-refractivity contribution < 1.29 is 36.9 Å². The highest BCUT2D eigenvalue weighted by atomic mass is 19.4. The van der Waals surface area contributed by atoms with Gasteiger partial charge in [-0.3, -0.25) is 4.79 Å². The molecule has 5 rings (SSSR count). The summed E-state index contributed by atoms with van der Waals surface area (Å²) in [6, 6.07) is 13.7. The van der Waals surface area contributed by atoms with Crippen LogP contribution in [0.4, 0.5) is 34.6 Å². The number of guanidine groups is 1. The summed E-state index contributed by atoms with van der Waals surface area (Å²) in [6.45, 7) is 3.24. The van der Waals surface area contributed by atoms with Gasteiger partial charge in [-0.15, -0.1) is 0 Å². The second-order valence-corrected chi connectivity index (χ2v) is 10.1. The van der Waals surface area contributed by atoms with Gasteiger partial charge < -0.3 is 29.3 Å². The number of ether oxygens (including phenoxy) is 2. The van der Waals surface area contributed by atoms with Crippen LogP contribution in [0.5, 0.6) is 11.5 Å². The van der Waals surface area contributed by atoms with Gasteiger partial charge in [0.1, 0.15) is 23.0 Å². The fraction of sp³-hybridized carbons (Fsp3) is 0.333. The third-order valence-electron chi connectivity index (χ3n) is 7.65. The molecule has 12 heteroatoms. The number of methoxy groups -OCH3 is 2. The van der Waals surface area contributed by atoms with E-state index in [0.29, 0.717) is 31.9 Å². The lowest BCUT2D eigenvalue weighted by Gasteiger charge is -2.46. The number of aliphatic carboxylic acids is 1. The van der Waals surface area contributed by atoms with Crippen LogP contribution in [0.3, 0.4) is 0 Å². The van der Waals surface area contributed by atoms with Crippen LogP contribution in [-0.4, -0.2) is 62.3 Å². The average molecular weight is 587 g/mol. The zero-order valence-electron chi connectivity index (χ0n) is 23.2. The van der Waals surface area contributed by atoms with Crippen LogP contribution >= 0.6 is 0 Å². The lowest BCUT2D eigenvalue weighted by Crippen LogP contribution is -2.56. The van der Waals surface area contributed by atoms with Gasteiger partial charge >= 0.3 is 12.1 Å². The van der Waals surface area contributed by atoms with Crippen LogP contribution in [0.25, 0.3) is 0 Å². The maximum Gasteiger partial charge on any atom is 0.416 e. The molecule has 0 aliphatic carbocycles. The highest BCUT2D eigenvalue weighted by molar-refractivity contribution is 6.02. The SMILES string of the molecule is COc1cccc(N2CCN(C3=Nc4c(F)cccc4[C@@H](C(C)C(=O)O)N3c3cc(C(F)(F)F)ccc3OC)CC2)c1. The molecule has 3 aromatic carbocycles. The van der Waals surface area contributed by atoms with Crippen molar-refractivity contribution in [2.24, 2.45) is 10.9 Å². The molecule has 0 amide bonds. The van der Waals surface area contributed by atoms with Gasteiger partial charge in [-0.05, 0) is 43.3 Å². The largest absolute Gasteiger partial charge is 0.497 e. The molecule has 1 N–H and O–H groups in total. The summed E-state index contributed by atoms with van der Waals surface area (Å²) in [5.74, 6) is -2.07. The monoisotopic (exact) mass is 586 g/mol. The molecule has 0 spiro atoms. The first-order chi connectivity index (χ1) is 20.0. The van der Waals surface area contributed by atoms with Crippen molar-refractivity contribution in [1.82, 2.24) is 4.90 Å².